The van der Waals surface area contributed by atoms with Crippen LogP contribution in [-0.4, -0.2) is 15.2 Å². The van der Waals surface area contributed by atoms with Crippen molar-refractivity contribution in [2.75, 3.05) is 0 Å². The second-order valence-corrected chi connectivity index (χ2v) is 5.77. The van der Waals surface area contributed by atoms with Gasteiger partial charge in [0.25, 0.3) is 0 Å². The Kier molecular flexibility index (Phi) is 5.51. The van der Waals surface area contributed by atoms with Gasteiger partial charge in [-0.15, -0.1) is 11.6 Å². The molecule has 3 heteroatoms. The molecule has 0 amide bonds. The largest absolute Gasteiger partial charge is 0.270 e. The van der Waals surface area contributed by atoms with Crippen LogP contribution in [0.4, 0.5) is 0 Å². The molecule has 0 N–H and O–H groups in total. The van der Waals surface area contributed by atoms with E-state index in [1.54, 1.807) is 0 Å². The van der Waals surface area contributed by atoms with E-state index in [-0.39, 0.29) is 5.38 Å². The van der Waals surface area contributed by atoms with Gasteiger partial charge in [-0.1, -0.05) is 20.8 Å². The Labute approximate surface area is 110 Å². The molecule has 1 heterocycles. The van der Waals surface area contributed by atoms with Gasteiger partial charge >= 0.3 is 0 Å². The van der Waals surface area contributed by atoms with Gasteiger partial charge in [0.1, 0.15) is 0 Å². The molecule has 1 aromatic heterocycles. The molecule has 0 spiro atoms. The Morgan fingerprint density at radius 1 is 1.29 bits per heavy atom. The molecule has 1 aromatic rings. The first-order valence-corrected chi connectivity index (χ1v) is 7.12. The van der Waals surface area contributed by atoms with Gasteiger partial charge in [0.2, 0.25) is 0 Å². The average molecular weight is 257 g/mol. The highest BCUT2D eigenvalue weighted by Crippen LogP contribution is 2.24. The van der Waals surface area contributed by atoms with Gasteiger partial charge in [-0.3, -0.25) is 4.68 Å². The summed E-state index contributed by atoms with van der Waals surface area (Å²) >= 11 is 6.30. The van der Waals surface area contributed by atoms with Crippen molar-refractivity contribution in [3.05, 3.63) is 17.5 Å². The maximum absolute atomic E-state index is 6.30. The van der Waals surface area contributed by atoms with Crippen LogP contribution in [0.1, 0.15) is 46.0 Å². The molecule has 0 saturated carbocycles. The Hall–Kier alpha value is -0.500. The standard InChI is InChI=1S/C14H25ClN2/c1-6-12-8-13(17(7-2)16-12)9-14(10(3)4)11(5)15/h8,10-11,14H,6-7,9H2,1-5H3. The Morgan fingerprint density at radius 3 is 2.35 bits per heavy atom. The van der Waals surface area contributed by atoms with E-state index in [2.05, 4.69) is 50.5 Å². The van der Waals surface area contributed by atoms with E-state index in [1.807, 2.05) is 0 Å². The molecular weight excluding hydrogens is 232 g/mol. The third kappa shape index (κ3) is 3.74. The SMILES string of the molecule is CCc1cc(CC(C(C)C)C(C)Cl)n(CC)n1. The summed E-state index contributed by atoms with van der Waals surface area (Å²) in [4.78, 5) is 0. The Morgan fingerprint density at radius 2 is 1.94 bits per heavy atom. The van der Waals surface area contributed by atoms with Gasteiger partial charge in [-0.25, -0.2) is 0 Å². The first kappa shape index (κ1) is 14.6. The van der Waals surface area contributed by atoms with Crippen LogP contribution in [0.3, 0.4) is 0 Å². The molecular formula is C14H25ClN2. The Bertz CT molecular complexity index is 334. The van der Waals surface area contributed by atoms with Crippen LogP contribution in [0.25, 0.3) is 0 Å². The van der Waals surface area contributed by atoms with Crippen LogP contribution >= 0.6 is 11.6 Å². The van der Waals surface area contributed by atoms with Crippen LogP contribution in [0, 0.1) is 11.8 Å². The molecule has 0 fully saturated rings. The number of aromatic nitrogens is 2. The fraction of sp³-hybridized carbons (Fsp3) is 0.786. The normalized spacial score (nSPS) is 15.2. The minimum absolute atomic E-state index is 0.209. The van der Waals surface area contributed by atoms with Gasteiger partial charge in [0, 0.05) is 17.6 Å². The zero-order chi connectivity index (χ0) is 13.0. The molecule has 0 aromatic carbocycles. The highest BCUT2D eigenvalue weighted by molar-refractivity contribution is 6.20. The number of hydrogen-bond donors (Lipinski definition) is 0. The quantitative estimate of drug-likeness (QED) is 0.706. The smallest absolute Gasteiger partial charge is 0.0624 e. The average Bonchev–Trinajstić information content (AvgIpc) is 2.67. The summed E-state index contributed by atoms with van der Waals surface area (Å²) in [6.45, 7) is 11.8. The second kappa shape index (κ2) is 6.44. The van der Waals surface area contributed by atoms with E-state index in [9.17, 15) is 0 Å². The lowest BCUT2D eigenvalue weighted by Gasteiger charge is -2.23. The second-order valence-electron chi connectivity index (χ2n) is 5.09. The summed E-state index contributed by atoms with van der Waals surface area (Å²) in [5.41, 5.74) is 2.52. The van der Waals surface area contributed by atoms with E-state index >= 15 is 0 Å². The van der Waals surface area contributed by atoms with E-state index in [1.165, 1.54) is 11.4 Å². The van der Waals surface area contributed by atoms with Crippen molar-refractivity contribution in [2.24, 2.45) is 11.8 Å². The summed E-state index contributed by atoms with van der Waals surface area (Å²) in [5, 5.41) is 4.80. The predicted octanol–water partition coefficient (Wildman–Crippen LogP) is 3.91. The molecule has 0 aliphatic carbocycles. The Balaban J connectivity index is 2.88. The van der Waals surface area contributed by atoms with Crippen molar-refractivity contribution in [3.8, 4) is 0 Å². The maximum Gasteiger partial charge on any atom is 0.0624 e. The first-order chi connectivity index (χ1) is 7.99. The summed E-state index contributed by atoms with van der Waals surface area (Å²) in [5.74, 6) is 1.12. The van der Waals surface area contributed by atoms with Crippen LogP contribution < -0.4 is 0 Å². The maximum atomic E-state index is 6.30. The minimum Gasteiger partial charge on any atom is -0.270 e. The number of alkyl halides is 1. The number of hydrogen-bond acceptors (Lipinski definition) is 1. The molecule has 2 atom stereocenters. The first-order valence-electron chi connectivity index (χ1n) is 6.69. The number of rotatable bonds is 6. The van der Waals surface area contributed by atoms with Gasteiger partial charge < -0.3 is 0 Å². The molecule has 0 radical (unpaired) electrons. The van der Waals surface area contributed by atoms with Gasteiger partial charge in [-0.05, 0) is 44.6 Å². The zero-order valence-electron chi connectivity index (χ0n) is 11.7. The van der Waals surface area contributed by atoms with E-state index in [0.717, 1.165) is 19.4 Å². The fourth-order valence-corrected chi connectivity index (χ4v) is 2.68. The summed E-state index contributed by atoms with van der Waals surface area (Å²) in [7, 11) is 0. The highest BCUT2D eigenvalue weighted by Gasteiger charge is 2.21. The molecule has 0 bridgehead atoms. The van der Waals surface area contributed by atoms with E-state index in [0.29, 0.717) is 11.8 Å². The summed E-state index contributed by atoms with van der Waals surface area (Å²) in [6, 6.07) is 2.23. The summed E-state index contributed by atoms with van der Waals surface area (Å²) < 4.78 is 2.12. The number of aryl methyl sites for hydroxylation is 2. The minimum atomic E-state index is 0.209. The molecule has 1 rings (SSSR count). The lowest BCUT2D eigenvalue weighted by atomic mass is 9.88. The van der Waals surface area contributed by atoms with Crippen molar-refractivity contribution in [2.45, 2.75) is 59.4 Å². The zero-order valence-corrected chi connectivity index (χ0v) is 12.5. The van der Waals surface area contributed by atoms with E-state index in [4.69, 9.17) is 11.6 Å². The van der Waals surface area contributed by atoms with Crippen LogP contribution in [0.2, 0.25) is 0 Å². The van der Waals surface area contributed by atoms with Crippen molar-refractivity contribution >= 4 is 11.6 Å². The summed E-state index contributed by atoms with van der Waals surface area (Å²) in [6.07, 6.45) is 2.03. The lowest BCUT2D eigenvalue weighted by Crippen LogP contribution is -2.22. The molecule has 2 unspecified atom stereocenters. The highest BCUT2D eigenvalue weighted by atomic mass is 35.5. The molecule has 0 aliphatic heterocycles. The molecule has 2 nitrogen and oxygen atoms in total. The number of halogens is 1. The third-order valence-electron chi connectivity index (χ3n) is 3.47. The van der Waals surface area contributed by atoms with Crippen molar-refractivity contribution in [3.63, 3.8) is 0 Å². The molecule has 98 valence electrons. The van der Waals surface area contributed by atoms with Crippen LogP contribution in [-0.2, 0) is 19.4 Å². The van der Waals surface area contributed by atoms with Gasteiger partial charge in [-0.2, -0.15) is 5.10 Å². The van der Waals surface area contributed by atoms with Crippen molar-refractivity contribution in [1.82, 2.24) is 9.78 Å². The molecule has 0 aliphatic rings. The van der Waals surface area contributed by atoms with Gasteiger partial charge in [0.15, 0.2) is 0 Å². The molecule has 17 heavy (non-hydrogen) atoms. The van der Waals surface area contributed by atoms with Crippen molar-refractivity contribution < 1.29 is 0 Å². The molecule has 0 saturated heterocycles. The third-order valence-corrected chi connectivity index (χ3v) is 3.79. The van der Waals surface area contributed by atoms with E-state index < -0.39 is 0 Å². The van der Waals surface area contributed by atoms with Gasteiger partial charge in [0.05, 0.1) is 5.69 Å². The lowest BCUT2D eigenvalue weighted by molar-refractivity contribution is 0.366. The monoisotopic (exact) mass is 256 g/mol. The van der Waals surface area contributed by atoms with Crippen molar-refractivity contribution in [1.29, 1.82) is 0 Å². The van der Waals surface area contributed by atoms with Crippen LogP contribution in [0.5, 0.6) is 0 Å². The fourth-order valence-electron chi connectivity index (χ4n) is 2.30. The van der Waals surface area contributed by atoms with Crippen LogP contribution in [0.15, 0.2) is 6.07 Å². The topological polar surface area (TPSA) is 17.8 Å². The number of nitrogens with zero attached hydrogens (tertiary/aromatic N) is 2. The predicted molar refractivity (Wildman–Crippen MR) is 74.6 cm³/mol.